The Morgan fingerprint density at radius 2 is 2.10 bits per heavy atom. The Hall–Kier alpha value is -2.57. The number of aryl methyl sites for hydroxylation is 1. The number of carbonyl (C=O) groups excluding carboxylic acids is 1. The highest BCUT2D eigenvalue weighted by Crippen LogP contribution is 2.39. The molecule has 2 N–H and O–H groups in total. The summed E-state index contributed by atoms with van der Waals surface area (Å²) in [4.78, 5) is 18.9. The Balaban J connectivity index is 1.65. The number of halogens is 1. The highest BCUT2D eigenvalue weighted by molar-refractivity contribution is 7.16. The van der Waals surface area contributed by atoms with Gasteiger partial charge in [0.15, 0.2) is 0 Å². The largest absolute Gasteiger partial charge is 0.495 e. The standard InChI is InChI=1S/C23H24ClN3O2S/c1-29-19-10-9-16(24)12-18(19)27-22(28)21-17-7-3-2-4-8-20(17)30-23(21)26-14-15-6-5-11-25-13-15/h5-6,9-13,26H,2-4,7-8,14H2,1H3,(H,27,28). The van der Waals surface area contributed by atoms with Crippen LogP contribution in [0, 0.1) is 0 Å². The number of carbonyl (C=O) groups is 1. The zero-order valence-corrected chi connectivity index (χ0v) is 18.4. The van der Waals surface area contributed by atoms with E-state index in [0.717, 1.165) is 35.4 Å². The van der Waals surface area contributed by atoms with E-state index in [-0.39, 0.29) is 5.91 Å². The number of rotatable bonds is 6. The van der Waals surface area contributed by atoms with Crippen LogP contribution in [0.3, 0.4) is 0 Å². The first-order chi connectivity index (χ1) is 14.7. The van der Waals surface area contributed by atoms with Gasteiger partial charge in [-0.1, -0.05) is 24.1 Å². The number of thiophene rings is 1. The van der Waals surface area contributed by atoms with E-state index < -0.39 is 0 Å². The van der Waals surface area contributed by atoms with Crippen LogP contribution in [0.4, 0.5) is 10.7 Å². The molecule has 1 aliphatic carbocycles. The maximum atomic E-state index is 13.4. The van der Waals surface area contributed by atoms with E-state index in [4.69, 9.17) is 16.3 Å². The number of ether oxygens (including phenoxy) is 1. The Morgan fingerprint density at radius 3 is 2.90 bits per heavy atom. The van der Waals surface area contributed by atoms with Crippen molar-refractivity contribution in [1.29, 1.82) is 0 Å². The molecule has 7 heteroatoms. The monoisotopic (exact) mass is 441 g/mol. The van der Waals surface area contributed by atoms with Crippen LogP contribution in [0.5, 0.6) is 5.75 Å². The van der Waals surface area contributed by atoms with Gasteiger partial charge in [-0.3, -0.25) is 9.78 Å². The van der Waals surface area contributed by atoms with Crippen LogP contribution in [0.2, 0.25) is 5.02 Å². The summed E-state index contributed by atoms with van der Waals surface area (Å²) in [5.74, 6) is 0.447. The lowest BCUT2D eigenvalue weighted by atomic mass is 10.0. The van der Waals surface area contributed by atoms with Gasteiger partial charge in [0.2, 0.25) is 0 Å². The second-order valence-corrected chi connectivity index (χ2v) is 8.82. The number of nitrogens with zero attached hydrogens (tertiary/aromatic N) is 1. The maximum Gasteiger partial charge on any atom is 0.259 e. The molecular weight excluding hydrogens is 418 g/mol. The third kappa shape index (κ3) is 4.60. The van der Waals surface area contributed by atoms with Gasteiger partial charge in [-0.2, -0.15) is 0 Å². The molecule has 3 aromatic rings. The first-order valence-electron chi connectivity index (χ1n) is 10.1. The molecule has 0 aliphatic heterocycles. The molecule has 5 nitrogen and oxygen atoms in total. The van der Waals surface area contributed by atoms with Crippen LogP contribution < -0.4 is 15.4 Å². The number of methoxy groups -OCH3 is 1. The normalized spacial score (nSPS) is 13.3. The molecule has 30 heavy (non-hydrogen) atoms. The maximum absolute atomic E-state index is 13.4. The Morgan fingerprint density at radius 1 is 1.23 bits per heavy atom. The molecule has 0 fully saturated rings. The molecule has 0 unspecified atom stereocenters. The molecule has 1 aliphatic rings. The van der Waals surface area contributed by atoms with Crippen molar-refractivity contribution in [3.63, 3.8) is 0 Å². The number of amides is 1. The minimum atomic E-state index is -0.136. The van der Waals surface area contributed by atoms with E-state index in [1.54, 1.807) is 42.8 Å². The second kappa shape index (κ2) is 9.49. The lowest BCUT2D eigenvalue weighted by Crippen LogP contribution is -2.16. The molecule has 0 bridgehead atoms. The Labute approximate surface area is 185 Å². The number of benzene rings is 1. The Kier molecular flexibility index (Phi) is 6.55. The third-order valence-electron chi connectivity index (χ3n) is 5.23. The molecule has 1 aromatic carbocycles. The average Bonchev–Trinajstić information content (AvgIpc) is 2.94. The lowest BCUT2D eigenvalue weighted by molar-refractivity contribution is 0.102. The summed E-state index contributed by atoms with van der Waals surface area (Å²) in [6, 6.07) is 9.15. The van der Waals surface area contributed by atoms with Crippen molar-refractivity contribution in [3.05, 3.63) is 69.3 Å². The van der Waals surface area contributed by atoms with E-state index in [9.17, 15) is 4.79 Å². The van der Waals surface area contributed by atoms with Crippen molar-refractivity contribution in [1.82, 2.24) is 4.98 Å². The first kappa shape index (κ1) is 20.7. The summed E-state index contributed by atoms with van der Waals surface area (Å²) < 4.78 is 5.39. The number of pyridine rings is 1. The molecule has 0 atom stereocenters. The number of nitrogens with one attached hydrogen (secondary N) is 2. The van der Waals surface area contributed by atoms with Gasteiger partial charge >= 0.3 is 0 Å². The third-order valence-corrected chi connectivity index (χ3v) is 6.72. The summed E-state index contributed by atoms with van der Waals surface area (Å²) in [6.45, 7) is 0.619. The van der Waals surface area contributed by atoms with Gasteiger partial charge in [0, 0.05) is 28.8 Å². The molecule has 4 rings (SSSR count). The van der Waals surface area contributed by atoms with Crippen LogP contribution in [0.1, 0.15) is 45.6 Å². The van der Waals surface area contributed by atoms with E-state index in [1.807, 2.05) is 18.3 Å². The number of fused-ring (bicyclic) bond motifs is 1. The zero-order chi connectivity index (χ0) is 20.9. The topological polar surface area (TPSA) is 63.2 Å². The van der Waals surface area contributed by atoms with Gasteiger partial charge in [0.1, 0.15) is 10.8 Å². The van der Waals surface area contributed by atoms with Crippen molar-refractivity contribution >= 4 is 39.5 Å². The molecule has 156 valence electrons. The van der Waals surface area contributed by atoms with Gasteiger partial charge in [0.25, 0.3) is 5.91 Å². The van der Waals surface area contributed by atoms with Crippen molar-refractivity contribution in [3.8, 4) is 5.75 Å². The summed E-state index contributed by atoms with van der Waals surface area (Å²) >= 11 is 7.84. The minimum absolute atomic E-state index is 0.136. The van der Waals surface area contributed by atoms with Crippen molar-refractivity contribution in [2.45, 2.75) is 38.6 Å². The molecule has 0 radical (unpaired) electrons. The highest BCUT2D eigenvalue weighted by Gasteiger charge is 2.25. The molecule has 0 saturated heterocycles. The average molecular weight is 442 g/mol. The fourth-order valence-electron chi connectivity index (χ4n) is 3.76. The summed E-state index contributed by atoms with van der Waals surface area (Å²) in [5.41, 5.74) is 3.55. The summed E-state index contributed by atoms with van der Waals surface area (Å²) in [6.07, 6.45) is 9.01. The quantitative estimate of drug-likeness (QED) is 0.465. The van der Waals surface area contributed by atoms with Crippen LogP contribution >= 0.6 is 22.9 Å². The zero-order valence-electron chi connectivity index (χ0n) is 16.8. The number of hydrogen-bond acceptors (Lipinski definition) is 5. The van der Waals surface area contributed by atoms with Crippen molar-refractivity contribution in [2.24, 2.45) is 0 Å². The highest BCUT2D eigenvalue weighted by atomic mass is 35.5. The van der Waals surface area contributed by atoms with Gasteiger partial charge in [-0.25, -0.2) is 0 Å². The molecule has 2 heterocycles. The second-order valence-electron chi connectivity index (χ2n) is 7.28. The van der Waals surface area contributed by atoms with Crippen LogP contribution in [0.25, 0.3) is 0 Å². The summed E-state index contributed by atoms with van der Waals surface area (Å²) in [7, 11) is 1.58. The molecular formula is C23H24ClN3O2S. The van der Waals surface area contributed by atoms with Crippen molar-refractivity contribution < 1.29 is 9.53 Å². The smallest absolute Gasteiger partial charge is 0.259 e. The van der Waals surface area contributed by atoms with Gasteiger partial charge in [-0.15, -0.1) is 11.3 Å². The molecule has 1 amide bonds. The Bertz CT molecular complexity index is 1040. The van der Waals surface area contributed by atoms with E-state index in [2.05, 4.69) is 15.6 Å². The fourth-order valence-corrected chi connectivity index (χ4v) is 5.21. The molecule has 2 aromatic heterocycles. The first-order valence-corrected chi connectivity index (χ1v) is 11.3. The van der Waals surface area contributed by atoms with Gasteiger partial charge < -0.3 is 15.4 Å². The number of hydrogen-bond donors (Lipinski definition) is 2. The molecule has 0 spiro atoms. The van der Waals surface area contributed by atoms with Crippen LogP contribution in [-0.2, 0) is 19.4 Å². The van der Waals surface area contributed by atoms with Crippen LogP contribution in [-0.4, -0.2) is 18.0 Å². The van der Waals surface area contributed by atoms with Gasteiger partial charge in [-0.05, 0) is 61.1 Å². The number of anilines is 2. The minimum Gasteiger partial charge on any atom is -0.495 e. The van der Waals surface area contributed by atoms with Crippen molar-refractivity contribution in [2.75, 3.05) is 17.7 Å². The summed E-state index contributed by atoms with van der Waals surface area (Å²) in [5, 5.41) is 7.95. The van der Waals surface area contributed by atoms with E-state index >= 15 is 0 Å². The predicted octanol–water partition coefficient (Wildman–Crippen LogP) is 5.94. The lowest BCUT2D eigenvalue weighted by Gasteiger charge is -2.13. The van der Waals surface area contributed by atoms with E-state index in [0.29, 0.717) is 23.0 Å². The van der Waals surface area contributed by atoms with Crippen LogP contribution in [0.15, 0.2) is 42.7 Å². The fraction of sp³-hybridized carbons (Fsp3) is 0.304. The number of aromatic nitrogens is 1. The van der Waals surface area contributed by atoms with E-state index in [1.165, 1.54) is 23.3 Å². The predicted molar refractivity (Wildman–Crippen MR) is 123 cm³/mol. The van der Waals surface area contributed by atoms with Gasteiger partial charge in [0.05, 0.1) is 18.4 Å². The SMILES string of the molecule is COc1ccc(Cl)cc1NC(=O)c1c(NCc2cccnc2)sc2c1CCCCC2. The molecule has 0 saturated carbocycles.